The molecule has 1 atom stereocenters. The number of hydrogen-bond acceptors (Lipinski definition) is 2. The third-order valence-corrected chi connectivity index (χ3v) is 6.84. The van der Waals surface area contributed by atoms with E-state index in [0.29, 0.717) is 0 Å². The summed E-state index contributed by atoms with van der Waals surface area (Å²) < 4.78 is 3.80. The molecule has 0 N–H and O–H groups in total. The van der Waals surface area contributed by atoms with Crippen molar-refractivity contribution in [1.82, 2.24) is 0 Å². The van der Waals surface area contributed by atoms with Crippen molar-refractivity contribution in [3.8, 4) is 0 Å². The number of alkyl halides is 1. The van der Waals surface area contributed by atoms with Gasteiger partial charge in [-0.25, -0.2) is 0 Å². The van der Waals surface area contributed by atoms with E-state index in [4.69, 9.17) is 11.6 Å². The van der Waals surface area contributed by atoms with Crippen LogP contribution in [0.15, 0.2) is 34.1 Å². The summed E-state index contributed by atoms with van der Waals surface area (Å²) in [7, 11) is 0. The summed E-state index contributed by atoms with van der Waals surface area (Å²) in [5.74, 6) is 0. The minimum absolute atomic E-state index is 0.0589. The molecule has 0 aliphatic carbocycles. The molecule has 98 valence electrons. The maximum Gasteiger partial charge on any atom is 0.0931 e. The van der Waals surface area contributed by atoms with E-state index in [0.717, 1.165) is 4.47 Å². The van der Waals surface area contributed by atoms with E-state index in [9.17, 15) is 0 Å². The highest BCUT2D eigenvalue weighted by Crippen LogP contribution is 2.40. The van der Waals surface area contributed by atoms with Crippen LogP contribution in [0.3, 0.4) is 0 Å². The fourth-order valence-electron chi connectivity index (χ4n) is 2.14. The molecule has 3 rings (SSSR count). The highest BCUT2D eigenvalue weighted by Gasteiger charge is 2.17. The molecule has 0 spiro atoms. The number of thiophene rings is 2. The van der Waals surface area contributed by atoms with Crippen LogP contribution in [0.4, 0.5) is 0 Å². The van der Waals surface area contributed by atoms with Crippen LogP contribution in [0.2, 0.25) is 0 Å². The maximum absolute atomic E-state index is 6.69. The fourth-order valence-corrected chi connectivity index (χ4v) is 5.15. The molecule has 1 aromatic carbocycles. The summed E-state index contributed by atoms with van der Waals surface area (Å²) in [6.45, 7) is 4.22. The Morgan fingerprint density at radius 3 is 2.63 bits per heavy atom. The predicted molar refractivity (Wildman–Crippen MR) is 91.0 cm³/mol. The first kappa shape index (κ1) is 13.6. The summed E-state index contributed by atoms with van der Waals surface area (Å²) >= 11 is 13.8. The van der Waals surface area contributed by atoms with E-state index >= 15 is 0 Å². The van der Waals surface area contributed by atoms with Crippen LogP contribution in [-0.4, -0.2) is 0 Å². The van der Waals surface area contributed by atoms with Gasteiger partial charge in [-0.15, -0.1) is 34.3 Å². The molecule has 0 saturated carbocycles. The van der Waals surface area contributed by atoms with E-state index in [-0.39, 0.29) is 5.38 Å². The lowest BCUT2D eigenvalue weighted by atomic mass is 10.0. The molecule has 2 heterocycles. The summed E-state index contributed by atoms with van der Waals surface area (Å²) in [6, 6.07) is 8.72. The third-order valence-electron chi connectivity index (χ3n) is 3.23. The summed E-state index contributed by atoms with van der Waals surface area (Å²) in [5.41, 5.74) is 3.66. The molecule has 2 aromatic heterocycles. The van der Waals surface area contributed by atoms with Crippen molar-refractivity contribution in [2.24, 2.45) is 0 Å². The van der Waals surface area contributed by atoms with Crippen molar-refractivity contribution >= 4 is 59.6 Å². The predicted octanol–water partition coefficient (Wildman–Crippen LogP) is 6.67. The first-order valence-corrected chi connectivity index (χ1v) is 8.86. The molecule has 0 saturated heterocycles. The average Bonchev–Trinajstić information content (AvgIpc) is 2.93. The quantitative estimate of drug-likeness (QED) is 0.441. The SMILES string of the molecule is Cc1cc(C(Cl)c2cc3sccc3s2)c(C)cc1Br. The lowest BCUT2D eigenvalue weighted by Gasteiger charge is -2.13. The van der Waals surface area contributed by atoms with Gasteiger partial charge in [0.15, 0.2) is 0 Å². The van der Waals surface area contributed by atoms with Crippen LogP contribution >= 0.6 is 50.2 Å². The first-order chi connectivity index (χ1) is 9.06. The van der Waals surface area contributed by atoms with Crippen molar-refractivity contribution in [3.05, 3.63) is 55.7 Å². The molecule has 19 heavy (non-hydrogen) atoms. The highest BCUT2D eigenvalue weighted by molar-refractivity contribution is 9.10. The van der Waals surface area contributed by atoms with Gasteiger partial charge >= 0.3 is 0 Å². The van der Waals surface area contributed by atoms with Crippen molar-refractivity contribution in [2.75, 3.05) is 0 Å². The Morgan fingerprint density at radius 2 is 1.89 bits per heavy atom. The summed E-state index contributed by atoms with van der Waals surface area (Å²) in [6.07, 6.45) is 0. The summed E-state index contributed by atoms with van der Waals surface area (Å²) in [4.78, 5) is 1.23. The molecular weight excluding hydrogens is 360 g/mol. The number of hydrogen-bond donors (Lipinski definition) is 0. The van der Waals surface area contributed by atoms with E-state index in [1.54, 1.807) is 22.7 Å². The van der Waals surface area contributed by atoms with Crippen LogP contribution in [0, 0.1) is 13.8 Å². The molecule has 0 aliphatic rings. The van der Waals surface area contributed by atoms with Gasteiger partial charge in [0.05, 0.1) is 5.38 Å². The van der Waals surface area contributed by atoms with E-state index in [1.165, 1.54) is 31.0 Å². The Bertz CT molecular complexity index is 713. The standard InChI is InChI=1S/C15H12BrClS2/c1-8-6-11(16)9(2)5-10(8)15(17)14-7-13-12(19-14)3-4-18-13/h3-7,15H,1-2H3. The van der Waals surface area contributed by atoms with Gasteiger partial charge in [0.2, 0.25) is 0 Å². The molecule has 4 heteroatoms. The number of aryl methyl sites for hydroxylation is 2. The number of benzene rings is 1. The van der Waals surface area contributed by atoms with Gasteiger partial charge in [0.1, 0.15) is 0 Å². The smallest absolute Gasteiger partial charge is 0.0931 e. The lowest BCUT2D eigenvalue weighted by molar-refractivity contribution is 1.13. The summed E-state index contributed by atoms with van der Waals surface area (Å²) in [5, 5.41) is 2.07. The second kappa shape index (κ2) is 5.21. The molecular formula is C15H12BrClS2. The second-order valence-corrected chi connectivity index (χ2v) is 7.97. The van der Waals surface area contributed by atoms with E-state index < -0.39 is 0 Å². The highest BCUT2D eigenvalue weighted by atomic mass is 79.9. The largest absolute Gasteiger partial charge is 0.143 e. The van der Waals surface area contributed by atoms with Crippen LogP contribution in [0.1, 0.15) is 26.9 Å². The zero-order valence-electron chi connectivity index (χ0n) is 10.5. The van der Waals surface area contributed by atoms with Crippen LogP contribution in [0.5, 0.6) is 0 Å². The van der Waals surface area contributed by atoms with Gasteiger partial charge in [0, 0.05) is 18.7 Å². The molecule has 0 bridgehead atoms. The van der Waals surface area contributed by atoms with Crippen LogP contribution in [-0.2, 0) is 0 Å². The Balaban J connectivity index is 2.06. The fraction of sp³-hybridized carbons (Fsp3) is 0.200. The molecule has 0 amide bonds. The molecule has 0 fully saturated rings. The van der Waals surface area contributed by atoms with Crippen molar-refractivity contribution in [2.45, 2.75) is 19.2 Å². The van der Waals surface area contributed by atoms with Crippen LogP contribution in [0.25, 0.3) is 9.40 Å². The normalized spacial score (nSPS) is 13.1. The zero-order chi connectivity index (χ0) is 13.6. The third kappa shape index (κ3) is 2.49. The Labute approximate surface area is 134 Å². The zero-order valence-corrected chi connectivity index (χ0v) is 14.5. The van der Waals surface area contributed by atoms with Gasteiger partial charge in [-0.2, -0.15) is 0 Å². The van der Waals surface area contributed by atoms with Crippen LogP contribution < -0.4 is 0 Å². The minimum Gasteiger partial charge on any atom is -0.143 e. The molecule has 0 radical (unpaired) electrons. The number of fused-ring (bicyclic) bond motifs is 1. The van der Waals surface area contributed by atoms with Gasteiger partial charge in [-0.05, 0) is 54.1 Å². The monoisotopic (exact) mass is 370 g/mol. The molecule has 3 aromatic rings. The molecule has 1 unspecified atom stereocenters. The van der Waals surface area contributed by atoms with Crippen molar-refractivity contribution in [1.29, 1.82) is 0 Å². The Hall–Kier alpha value is -0.350. The minimum atomic E-state index is -0.0589. The average molecular weight is 372 g/mol. The topological polar surface area (TPSA) is 0 Å². The van der Waals surface area contributed by atoms with Crippen molar-refractivity contribution < 1.29 is 0 Å². The maximum atomic E-state index is 6.69. The first-order valence-electron chi connectivity index (χ1n) is 5.94. The number of rotatable bonds is 2. The second-order valence-electron chi connectivity index (χ2n) is 4.62. The Kier molecular flexibility index (Phi) is 3.73. The van der Waals surface area contributed by atoms with Gasteiger partial charge in [-0.3, -0.25) is 0 Å². The van der Waals surface area contributed by atoms with E-state index in [2.05, 4.69) is 59.4 Å². The van der Waals surface area contributed by atoms with Crippen molar-refractivity contribution in [3.63, 3.8) is 0 Å². The molecule has 0 nitrogen and oxygen atoms in total. The van der Waals surface area contributed by atoms with Gasteiger partial charge < -0.3 is 0 Å². The lowest BCUT2D eigenvalue weighted by Crippen LogP contribution is -1.95. The van der Waals surface area contributed by atoms with E-state index in [1.807, 2.05) is 0 Å². The Morgan fingerprint density at radius 1 is 1.11 bits per heavy atom. The molecule has 0 aliphatic heterocycles. The van der Waals surface area contributed by atoms with Gasteiger partial charge in [0.25, 0.3) is 0 Å². The number of halogens is 2. The van der Waals surface area contributed by atoms with Gasteiger partial charge in [-0.1, -0.05) is 22.0 Å².